The lowest BCUT2D eigenvalue weighted by molar-refractivity contribution is 0.136. The first-order chi connectivity index (χ1) is 9.78. The maximum absolute atomic E-state index is 6.00. The number of hydrogen-bond donors (Lipinski definition) is 0. The third-order valence-electron chi connectivity index (χ3n) is 5.35. The summed E-state index contributed by atoms with van der Waals surface area (Å²) in [7, 11) is 0. The molecule has 0 radical (unpaired) electrons. The Bertz CT molecular complexity index is 532. The molecule has 2 atom stereocenters. The molecule has 21 heavy (non-hydrogen) atoms. The van der Waals surface area contributed by atoms with Gasteiger partial charge < -0.3 is 4.74 Å². The van der Waals surface area contributed by atoms with Crippen LogP contribution in [0.15, 0.2) is 18.2 Å². The van der Waals surface area contributed by atoms with E-state index in [-0.39, 0.29) is 5.60 Å². The van der Waals surface area contributed by atoms with E-state index in [1.165, 1.54) is 36.8 Å². The van der Waals surface area contributed by atoms with Crippen LogP contribution in [0.3, 0.4) is 0 Å². The van der Waals surface area contributed by atoms with Crippen molar-refractivity contribution in [2.75, 3.05) is 0 Å². The molecule has 2 unspecified atom stereocenters. The normalized spacial score (nSPS) is 27.8. The highest BCUT2D eigenvalue weighted by atomic mass is 79.9. The van der Waals surface area contributed by atoms with Crippen LogP contribution in [0.2, 0.25) is 0 Å². The zero-order valence-electron chi connectivity index (χ0n) is 13.7. The summed E-state index contributed by atoms with van der Waals surface area (Å²) in [6, 6.07) is 6.79. The van der Waals surface area contributed by atoms with Crippen LogP contribution in [0.25, 0.3) is 0 Å². The smallest absolute Gasteiger partial charge is 0.123 e. The molecule has 2 heteroatoms. The molecule has 0 amide bonds. The topological polar surface area (TPSA) is 9.23 Å². The molecule has 1 heterocycles. The van der Waals surface area contributed by atoms with Crippen molar-refractivity contribution >= 4 is 15.9 Å². The Morgan fingerprint density at radius 3 is 2.67 bits per heavy atom. The van der Waals surface area contributed by atoms with Gasteiger partial charge in [0.25, 0.3) is 0 Å². The van der Waals surface area contributed by atoms with Gasteiger partial charge >= 0.3 is 0 Å². The molecule has 1 aliphatic heterocycles. The molecule has 0 bridgehead atoms. The molecule has 116 valence electrons. The van der Waals surface area contributed by atoms with Crippen molar-refractivity contribution in [3.8, 4) is 5.75 Å². The number of alkyl halides is 1. The molecular formula is C19H27BrO. The van der Waals surface area contributed by atoms with Gasteiger partial charge in [0, 0.05) is 11.2 Å². The summed E-state index contributed by atoms with van der Waals surface area (Å²) in [5.41, 5.74) is 3.18. The first-order valence-electron chi connectivity index (χ1n) is 8.24. The fourth-order valence-electron chi connectivity index (χ4n) is 4.10. The van der Waals surface area contributed by atoms with Crippen LogP contribution >= 0.6 is 15.9 Å². The summed E-state index contributed by atoms with van der Waals surface area (Å²) in [5.74, 6) is 1.80. The number of rotatable bonds is 2. The minimum absolute atomic E-state index is 0.0487. The van der Waals surface area contributed by atoms with E-state index in [0.717, 1.165) is 18.1 Å². The Kier molecular flexibility index (Phi) is 3.88. The fraction of sp³-hybridized carbons (Fsp3) is 0.684. The lowest BCUT2D eigenvalue weighted by Crippen LogP contribution is -2.30. The van der Waals surface area contributed by atoms with Gasteiger partial charge in [0.2, 0.25) is 0 Å². The predicted octanol–water partition coefficient (Wildman–Crippen LogP) is 6.05. The van der Waals surface area contributed by atoms with Crippen molar-refractivity contribution in [3.63, 3.8) is 0 Å². The van der Waals surface area contributed by atoms with E-state index in [0.29, 0.717) is 10.2 Å². The molecule has 0 aromatic heterocycles. The number of benzene rings is 1. The average Bonchev–Trinajstić information content (AvgIpc) is 2.70. The van der Waals surface area contributed by atoms with Gasteiger partial charge in [0.05, 0.1) is 0 Å². The molecule has 1 aromatic carbocycles. The van der Waals surface area contributed by atoms with E-state index < -0.39 is 0 Å². The van der Waals surface area contributed by atoms with Crippen molar-refractivity contribution in [3.05, 3.63) is 29.3 Å². The van der Waals surface area contributed by atoms with E-state index in [1.807, 2.05) is 0 Å². The Morgan fingerprint density at radius 2 is 1.95 bits per heavy atom. The Hall–Kier alpha value is -0.500. The number of fused-ring (bicyclic) bond motifs is 1. The first-order valence-corrected chi connectivity index (χ1v) is 9.16. The summed E-state index contributed by atoms with van der Waals surface area (Å²) < 4.78 is 6.00. The van der Waals surface area contributed by atoms with E-state index in [9.17, 15) is 0 Å². The number of halogens is 1. The third kappa shape index (κ3) is 3.02. The quantitative estimate of drug-likeness (QED) is 0.589. The molecule has 3 rings (SSSR count). The summed E-state index contributed by atoms with van der Waals surface area (Å²) >= 11 is 4.02. The maximum atomic E-state index is 6.00. The average molecular weight is 351 g/mol. The van der Waals surface area contributed by atoms with Crippen LogP contribution in [0.4, 0.5) is 0 Å². The largest absolute Gasteiger partial charge is 0.487 e. The molecule has 0 saturated heterocycles. The van der Waals surface area contributed by atoms with Crippen molar-refractivity contribution in [2.24, 2.45) is 11.3 Å². The second-order valence-electron chi connectivity index (χ2n) is 8.15. The van der Waals surface area contributed by atoms with Gasteiger partial charge in [-0.15, -0.1) is 0 Å². The summed E-state index contributed by atoms with van der Waals surface area (Å²) in [6.07, 6.45) is 6.46. The Balaban J connectivity index is 1.85. The molecule has 1 nitrogen and oxygen atoms in total. The van der Waals surface area contributed by atoms with Gasteiger partial charge in [-0.05, 0) is 55.2 Å². The van der Waals surface area contributed by atoms with Crippen LogP contribution < -0.4 is 4.74 Å². The van der Waals surface area contributed by atoms with Crippen molar-refractivity contribution in [1.82, 2.24) is 0 Å². The minimum atomic E-state index is -0.0487. The molecule has 2 aliphatic rings. The number of hydrogen-bond acceptors (Lipinski definition) is 1. The highest BCUT2D eigenvalue weighted by Gasteiger charge is 2.38. The molecule has 1 fully saturated rings. The van der Waals surface area contributed by atoms with E-state index in [1.54, 1.807) is 0 Å². The zero-order valence-corrected chi connectivity index (χ0v) is 15.3. The zero-order chi connectivity index (χ0) is 15.3. The molecule has 1 saturated carbocycles. The first kappa shape index (κ1) is 15.4. The van der Waals surface area contributed by atoms with E-state index >= 15 is 0 Å². The molecular weight excluding hydrogens is 324 g/mol. The van der Waals surface area contributed by atoms with Crippen LogP contribution in [0, 0.1) is 11.3 Å². The van der Waals surface area contributed by atoms with Gasteiger partial charge in [-0.25, -0.2) is 0 Å². The summed E-state index contributed by atoms with van der Waals surface area (Å²) in [4.78, 5) is 0.460. The molecule has 1 aliphatic carbocycles. The van der Waals surface area contributed by atoms with Gasteiger partial charge in [0.1, 0.15) is 11.4 Å². The lowest BCUT2D eigenvalue weighted by Gasteiger charge is -2.41. The van der Waals surface area contributed by atoms with Gasteiger partial charge in [-0.2, -0.15) is 0 Å². The minimum Gasteiger partial charge on any atom is -0.487 e. The predicted molar refractivity (Wildman–Crippen MR) is 92.3 cm³/mol. The van der Waals surface area contributed by atoms with E-state index in [2.05, 4.69) is 61.8 Å². The molecule has 0 spiro atoms. The maximum Gasteiger partial charge on any atom is 0.123 e. The number of ether oxygens (including phenoxy) is 1. The van der Waals surface area contributed by atoms with Crippen molar-refractivity contribution in [1.29, 1.82) is 0 Å². The molecule has 1 aromatic rings. The van der Waals surface area contributed by atoms with Crippen LogP contribution in [-0.2, 0) is 6.42 Å². The second-order valence-corrected chi connectivity index (χ2v) is 9.13. The Morgan fingerprint density at radius 1 is 1.19 bits per heavy atom. The van der Waals surface area contributed by atoms with Crippen LogP contribution in [0.1, 0.15) is 69.3 Å². The van der Waals surface area contributed by atoms with Crippen molar-refractivity contribution < 1.29 is 4.74 Å². The SMILES string of the molecule is CC1(C)Cc2cc(C(Br)C3CCCCC3(C)C)ccc2O1. The van der Waals surface area contributed by atoms with Crippen LogP contribution in [0.5, 0.6) is 5.75 Å². The highest BCUT2D eigenvalue weighted by Crippen LogP contribution is 2.50. The second kappa shape index (κ2) is 5.30. The van der Waals surface area contributed by atoms with Gasteiger partial charge in [-0.1, -0.05) is 54.8 Å². The molecule has 0 N–H and O–H groups in total. The van der Waals surface area contributed by atoms with E-state index in [4.69, 9.17) is 4.74 Å². The summed E-state index contributed by atoms with van der Waals surface area (Å²) in [6.45, 7) is 9.21. The monoisotopic (exact) mass is 350 g/mol. The van der Waals surface area contributed by atoms with Crippen LogP contribution in [-0.4, -0.2) is 5.60 Å². The van der Waals surface area contributed by atoms with Crippen molar-refractivity contribution in [2.45, 2.75) is 70.2 Å². The standard InChI is InChI=1S/C19H27BrO/c1-18(2)10-6-5-7-15(18)17(20)13-8-9-16-14(11-13)12-19(3,4)21-16/h8-9,11,15,17H,5-7,10,12H2,1-4H3. The third-order valence-corrected chi connectivity index (χ3v) is 6.52. The highest BCUT2D eigenvalue weighted by molar-refractivity contribution is 9.09. The summed E-state index contributed by atoms with van der Waals surface area (Å²) in [5, 5.41) is 0. The lowest BCUT2D eigenvalue weighted by atomic mass is 9.66. The fourth-order valence-corrected chi connectivity index (χ4v) is 5.36. The van der Waals surface area contributed by atoms with Gasteiger partial charge in [0.15, 0.2) is 0 Å². The Labute approximate surface area is 137 Å². The van der Waals surface area contributed by atoms with Gasteiger partial charge in [-0.3, -0.25) is 0 Å².